The van der Waals surface area contributed by atoms with E-state index in [9.17, 15) is 14.4 Å². The lowest BCUT2D eigenvalue weighted by atomic mass is 10.0. The fourth-order valence-electron chi connectivity index (χ4n) is 4.23. The lowest BCUT2D eigenvalue weighted by Crippen LogP contribution is -2.44. The molecule has 1 atom stereocenters. The van der Waals surface area contributed by atoms with Crippen molar-refractivity contribution in [3.63, 3.8) is 0 Å². The molecule has 1 aromatic carbocycles. The first-order valence-corrected chi connectivity index (χ1v) is 10.2. The lowest BCUT2D eigenvalue weighted by molar-refractivity contribution is -0.154. The molecule has 1 aromatic heterocycles. The largest absolute Gasteiger partial charge is 0.482 e. The molecule has 29 heavy (non-hydrogen) atoms. The summed E-state index contributed by atoms with van der Waals surface area (Å²) in [5, 5.41) is 0.910. The first-order chi connectivity index (χ1) is 14.0. The number of benzene rings is 1. The summed E-state index contributed by atoms with van der Waals surface area (Å²) in [4.78, 5) is 38.0. The summed E-state index contributed by atoms with van der Waals surface area (Å²) in [6.07, 6.45) is 5.66. The van der Waals surface area contributed by atoms with Gasteiger partial charge in [-0.25, -0.2) is 9.59 Å². The van der Waals surface area contributed by atoms with Crippen molar-refractivity contribution in [2.24, 2.45) is 0 Å². The Kier molecular flexibility index (Phi) is 5.56. The Morgan fingerprint density at radius 1 is 1.14 bits per heavy atom. The van der Waals surface area contributed by atoms with Crippen LogP contribution in [-0.2, 0) is 27.2 Å². The summed E-state index contributed by atoms with van der Waals surface area (Å²) in [7, 11) is 0. The van der Waals surface area contributed by atoms with E-state index in [0.29, 0.717) is 17.9 Å². The average molecular weight is 399 g/mol. The van der Waals surface area contributed by atoms with Crippen molar-refractivity contribution in [1.29, 1.82) is 0 Å². The van der Waals surface area contributed by atoms with Crippen molar-refractivity contribution in [3.05, 3.63) is 39.7 Å². The molecule has 2 aromatic rings. The van der Waals surface area contributed by atoms with Crippen LogP contribution in [0.5, 0.6) is 5.75 Å². The molecule has 7 nitrogen and oxygen atoms in total. The molecule has 1 aliphatic heterocycles. The van der Waals surface area contributed by atoms with Gasteiger partial charge >= 0.3 is 11.6 Å². The zero-order valence-electron chi connectivity index (χ0n) is 16.6. The number of likely N-dealkylation sites (tertiary alicyclic amines) is 1. The van der Waals surface area contributed by atoms with Crippen LogP contribution in [0.25, 0.3) is 11.0 Å². The second kappa shape index (κ2) is 8.27. The molecule has 2 aliphatic rings. The van der Waals surface area contributed by atoms with Crippen molar-refractivity contribution >= 4 is 22.8 Å². The lowest BCUT2D eigenvalue weighted by Gasteiger charge is -2.33. The third-order valence-electron chi connectivity index (χ3n) is 5.78. The van der Waals surface area contributed by atoms with E-state index in [1.807, 2.05) is 13.0 Å². The maximum Gasteiger partial charge on any atom is 0.344 e. The highest BCUT2D eigenvalue weighted by molar-refractivity contribution is 5.83. The number of esters is 1. The van der Waals surface area contributed by atoms with Crippen molar-refractivity contribution in [2.45, 2.75) is 51.5 Å². The van der Waals surface area contributed by atoms with Crippen LogP contribution >= 0.6 is 0 Å². The molecule has 7 heteroatoms. The smallest absolute Gasteiger partial charge is 0.344 e. The van der Waals surface area contributed by atoms with Crippen molar-refractivity contribution in [3.8, 4) is 5.75 Å². The molecule has 0 saturated carbocycles. The predicted octanol–water partition coefficient (Wildman–Crippen LogP) is 2.60. The summed E-state index contributed by atoms with van der Waals surface area (Å²) in [6.45, 7) is 2.13. The van der Waals surface area contributed by atoms with E-state index >= 15 is 0 Å². The summed E-state index contributed by atoms with van der Waals surface area (Å²) in [6, 6.07) is 5.39. The molecule has 0 N–H and O–H groups in total. The molecule has 1 saturated heterocycles. The van der Waals surface area contributed by atoms with E-state index in [0.717, 1.165) is 55.0 Å². The van der Waals surface area contributed by atoms with E-state index in [1.165, 1.54) is 0 Å². The van der Waals surface area contributed by atoms with Gasteiger partial charge in [0.25, 0.3) is 5.91 Å². The molecule has 1 fully saturated rings. The first kappa shape index (κ1) is 19.5. The van der Waals surface area contributed by atoms with Crippen LogP contribution in [0.15, 0.2) is 27.4 Å². The van der Waals surface area contributed by atoms with Crippen LogP contribution in [0.3, 0.4) is 0 Å². The third-order valence-corrected chi connectivity index (χ3v) is 5.78. The second-order valence-electron chi connectivity index (χ2n) is 7.74. The van der Waals surface area contributed by atoms with Crippen LogP contribution in [0.2, 0.25) is 0 Å². The molecule has 1 amide bonds. The number of nitrogens with zero attached hydrogens (tertiary/aromatic N) is 1. The van der Waals surface area contributed by atoms with Gasteiger partial charge in [0.2, 0.25) is 0 Å². The highest BCUT2D eigenvalue weighted by Crippen LogP contribution is 2.29. The predicted molar refractivity (Wildman–Crippen MR) is 106 cm³/mol. The van der Waals surface area contributed by atoms with Crippen LogP contribution in [-0.4, -0.2) is 42.6 Å². The number of ether oxygens (including phenoxy) is 2. The quantitative estimate of drug-likeness (QED) is 0.567. The Balaban J connectivity index is 1.33. The van der Waals surface area contributed by atoms with Gasteiger partial charge in [-0.1, -0.05) is 0 Å². The normalized spacial score (nSPS) is 18.5. The van der Waals surface area contributed by atoms with Crippen LogP contribution < -0.4 is 10.4 Å². The SMILES string of the molecule is C[C@@H]1CCCCN1C(=O)COC(=O)COc1ccc2c3c(c(=O)oc2c1)CCC3. The molecule has 0 radical (unpaired) electrons. The number of hydrogen-bond acceptors (Lipinski definition) is 6. The third kappa shape index (κ3) is 4.13. The van der Waals surface area contributed by atoms with Crippen molar-refractivity contribution < 1.29 is 23.5 Å². The minimum absolute atomic E-state index is 0.174. The molecule has 0 unspecified atom stereocenters. The van der Waals surface area contributed by atoms with Gasteiger partial charge in [-0.15, -0.1) is 0 Å². The number of piperidine rings is 1. The van der Waals surface area contributed by atoms with Gasteiger partial charge in [-0.2, -0.15) is 0 Å². The Bertz CT molecular complexity index is 995. The number of amides is 1. The zero-order chi connectivity index (χ0) is 20.4. The molecule has 2 heterocycles. The van der Waals surface area contributed by atoms with E-state index in [4.69, 9.17) is 13.9 Å². The van der Waals surface area contributed by atoms with Gasteiger partial charge in [-0.3, -0.25) is 4.79 Å². The summed E-state index contributed by atoms with van der Waals surface area (Å²) in [5.41, 5.74) is 1.97. The zero-order valence-corrected chi connectivity index (χ0v) is 16.6. The molecular weight excluding hydrogens is 374 g/mol. The fraction of sp³-hybridized carbons (Fsp3) is 0.500. The number of carbonyl (C=O) groups excluding carboxylic acids is 2. The van der Waals surface area contributed by atoms with Crippen LogP contribution in [0, 0.1) is 0 Å². The minimum atomic E-state index is -0.612. The highest BCUT2D eigenvalue weighted by atomic mass is 16.6. The average Bonchev–Trinajstić information content (AvgIpc) is 3.21. The van der Waals surface area contributed by atoms with Crippen LogP contribution in [0.1, 0.15) is 43.7 Å². The number of fused-ring (bicyclic) bond motifs is 3. The topological polar surface area (TPSA) is 86.0 Å². The Morgan fingerprint density at radius 3 is 2.79 bits per heavy atom. The van der Waals surface area contributed by atoms with Gasteiger partial charge < -0.3 is 18.8 Å². The highest BCUT2D eigenvalue weighted by Gasteiger charge is 2.24. The Morgan fingerprint density at radius 2 is 1.97 bits per heavy atom. The number of rotatable bonds is 5. The number of carbonyl (C=O) groups is 2. The maximum absolute atomic E-state index is 12.2. The minimum Gasteiger partial charge on any atom is -0.482 e. The monoisotopic (exact) mass is 399 g/mol. The Hall–Kier alpha value is -2.83. The van der Waals surface area contributed by atoms with E-state index in [2.05, 4.69) is 0 Å². The number of hydrogen-bond donors (Lipinski definition) is 0. The summed E-state index contributed by atoms with van der Waals surface area (Å²) < 4.78 is 15.9. The van der Waals surface area contributed by atoms with Gasteiger partial charge in [0.05, 0.1) is 0 Å². The van der Waals surface area contributed by atoms with Crippen molar-refractivity contribution in [1.82, 2.24) is 4.90 Å². The van der Waals surface area contributed by atoms with Crippen LogP contribution in [0.4, 0.5) is 0 Å². The molecule has 4 rings (SSSR count). The standard InChI is InChI=1S/C22H25NO6/c1-14-5-2-3-10-23(14)20(24)12-28-21(25)13-27-15-8-9-17-16-6-4-7-18(16)22(26)29-19(17)11-15/h8-9,11,14H,2-7,10,12-13H2,1H3/t14-/m1/s1. The fourth-order valence-corrected chi connectivity index (χ4v) is 4.23. The first-order valence-electron chi connectivity index (χ1n) is 10.2. The van der Waals surface area contributed by atoms with E-state index in [-0.39, 0.29) is 30.8 Å². The summed E-state index contributed by atoms with van der Waals surface area (Å²) >= 11 is 0. The van der Waals surface area contributed by atoms with E-state index < -0.39 is 5.97 Å². The molecule has 1 aliphatic carbocycles. The molecule has 0 bridgehead atoms. The van der Waals surface area contributed by atoms with Gasteiger partial charge in [0.1, 0.15) is 11.3 Å². The molecular formula is C22H25NO6. The van der Waals surface area contributed by atoms with Gasteiger partial charge in [0.15, 0.2) is 13.2 Å². The van der Waals surface area contributed by atoms with E-state index in [1.54, 1.807) is 17.0 Å². The van der Waals surface area contributed by atoms with Crippen molar-refractivity contribution in [2.75, 3.05) is 19.8 Å². The van der Waals surface area contributed by atoms with Gasteiger partial charge in [0, 0.05) is 29.6 Å². The Labute approximate surface area is 168 Å². The number of aryl methyl sites for hydroxylation is 1. The van der Waals surface area contributed by atoms with Gasteiger partial charge in [-0.05, 0) is 63.1 Å². The molecule has 154 valence electrons. The molecule has 0 spiro atoms. The second-order valence-corrected chi connectivity index (χ2v) is 7.74. The summed E-state index contributed by atoms with van der Waals surface area (Å²) in [5.74, 6) is -0.378. The maximum atomic E-state index is 12.2.